The fourth-order valence-electron chi connectivity index (χ4n) is 5.00. The lowest BCUT2D eigenvalue weighted by Gasteiger charge is -2.44. The van der Waals surface area contributed by atoms with E-state index in [-0.39, 0.29) is 11.9 Å². The van der Waals surface area contributed by atoms with Crippen molar-refractivity contribution in [1.29, 1.82) is 0 Å². The van der Waals surface area contributed by atoms with Crippen LogP contribution in [0.1, 0.15) is 55.6 Å². The zero-order valence-electron chi connectivity index (χ0n) is 16.6. The summed E-state index contributed by atoms with van der Waals surface area (Å²) >= 11 is 0. The normalized spacial score (nSPS) is 22.6. The molecule has 2 aliphatic heterocycles. The molecule has 3 nitrogen and oxygen atoms in total. The van der Waals surface area contributed by atoms with Gasteiger partial charge in [0.25, 0.3) is 0 Å². The maximum atomic E-state index is 12.8. The second-order valence-electron chi connectivity index (χ2n) is 8.26. The van der Waals surface area contributed by atoms with Crippen molar-refractivity contribution in [1.82, 2.24) is 4.90 Å². The van der Waals surface area contributed by atoms with Crippen molar-refractivity contribution in [2.24, 2.45) is 5.92 Å². The molecule has 2 aliphatic rings. The predicted octanol–water partition coefficient (Wildman–Crippen LogP) is 5.02. The fraction of sp³-hybridized carbons (Fsp3) is 0.480. The Morgan fingerprint density at radius 3 is 2.21 bits per heavy atom. The van der Waals surface area contributed by atoms with Gasteiger partial charge in [-0.25, -0.2) is 0 Å². The minimum absolute atomic E-state index is 0.0486. The number of nitrogens with zero attached hydrogens (tertiary/aromatic N) is 1. The molecule has 2 fully saturated rings. The highest BCUT2D eigenvalue weighted by molar-refractivity contribution is 5.71. The number of piperidine rings is 2. The van der Waals surface area contributed by atoms with Gasteiger partial charge in [0.1, 0.15) is 0 Å². The molecule has 2 unspecified atom stereocenters. The molecule has 2 atom stereocenters. The quantitative estimate of drug-likeness (QED) is 0.662. The number of benzene rings is 2. The van der Waals surface area contributed by atoms with E-state index < -0.39 is 0 Å². The summed E-state index contributed by atoms with van der Waals surface area (Å²) in [5.74, 6) is 0.475. The molecule has 0 aromatic heterocycles. The standard InChI is InChI=1S/C25H31NO2/c27-25(28-19-22-14-9-17-26-16-8-7-15-24(22)26)18-23(20-10-3-1-4-11-20)21-12-5-2-6-13-21/h1-6,10-13,22-24H,7-9,14-19H2. The van der Waals surface area contributed by atoms with Gasteiger partial charge in [0.05, 0.1) is 13.0 Å². The van der Waals surface area contributed by atoms with Gasteiger partial charge in [0, 0.05) is 17.9 Å². The van der Waals surface area contributed by atoms with E-state index in [1.807, 2.05) is 36.4 Å². The number of carbonyl (C=O) groups excluding carboxylic acids is 1. The summed E-state index contributed by atoms with van der Waals surface area (Å²) in [4.78, 5) is 15.4. The lowest BCUT2D eigenvalue weighted by molar-refractivity contribution is -0.146. The zero-order valence-corrected chi connectivity index (χ0v) is 16.6. The van der Waals surface area contributed by atoms with Gasteiger partial charge in [-0.2, -0.15) is 0 Å². The molecule has 28 heavy (non-hydrogen) atoms. The highest BCUT2D eigenvalue weighted by atomic mass is 16.5. The molecular formula is C25H31NO2. The first kappa shape index (κ1) is 19.2. The number of esters is 1. The van der Waals surface area contributed by atoms with E-state index in [9.17, 15) is 4.79 Å². The van der Waals surface area contributed by atoms with Crippen LogP contribution in [0.2, 0.25) is 0 Å². The van der Waals surface area contributed by atoms with Gasteiger partial charge in [-0.3, -0.25) is 9.69 Å². The smallest absolute Gasteiger partial charge is 0.306 e. The molecule has 2 aromatic carbocycles. The van der Waals surface area contributed by atoms with Crippen LogP contribution in [0.4, 0.5) is 0 Å². The minimum Gasteiger partial charge on any atom is -0.465 e. The molecule has 0 amide bonds. The van der Waals surface area contributed by atoms with Crippen molar-refractivity contribution in [3.05, 3.63) is 71.8 Å². The van der Waals surface area contributed by atoms with Gasteiger partial charge in [-0.05, 0) is 49.9 Å². The molecule has 0 saturated carbocycles. The highest BCUT2D eigenvalue weighted by Gasteiger charge is 2.33. The third-order valence-corrected chi connectivity index (χ3v) is 6.46. The predicted molar refractivity (Wildman–Crippen MR) is 112 cm³/mol. The minimum atomic E-state index is -0.0781. The zero-order chi connectivity index (χ0) is 19.2. The maximum Gasteiger partial charge on any atom is 0.306 e. The molecule has 0 radical (unpaired) electrons. The Morgan fingerprint density at radius 1 is 0.893 bits per heavy atom. The molecule has 0 bridgehead atoms. The van der Waals surface area contributed by atoms with E-state index in [2.05, 4.69) is 29.2 Å². The van der Waals surface area contributed by atoms with Crippen molar-refractivity contribution in [2.75, 3.05) is 19.7 Å². The van der Waals surface area contributed by atoms with E-state index in [4.69, 9.17) is 4.74 Å². The summed E-state index contributed by atoms with van der Waals surface area (Å²) in [6.07, 6.45) is 6.72. The van der Waals surface area contributed by atoms with E-state index in [1.165, 1.54) is 56.3 Å². The second-order valence-corrected chi connectivity index (χ2v) is 8.26. The van der Waals surface area contributed by atoms with Crippen LogP contribution in [-0.4, -0.2) is 36.6 Å². The van der Waals surface area contributed by atoms with E-state index in [1.54, 1.807) is 0 Å². The summed E-state index contributed by atoms with van der Waals surface area (Å²) in [5.41, 5.74) is 2.34. The number of ether oxygens (including phenoxy) is 1. The Balaban J connectivity index is 1.39. The molecule has 2 heterocycles. The largest absolute Gasteiger partial charge is 0.465 e. The van der Waals surface area contributed by atoms with Crippen LogP contribution in [-0.2, 0) is 9.53 Å². The van der Waals surface area contributed by atoms with E-state index in [0.29, 0.717) is 25.0 Å². The summed E-state index contributed by atoms with van der Waals surface area (Å²) < 4.78 is 5.84. The summed E-state index contributed by atoms with van der Waals surface area (Å²) in [5, 5.41) is 0. The van der Waals surface area contributed by atoms with Crippen molar-refractivity contribution in [3.8, 4) is 0 Å². The first-order chi connectivity index (χ1) is 13.8. The lowest BCUT2D eigenvalue weighted by atomic mass is 9.84. The number of fused-ring (bicyclic) bond motifs is 1. The van der Waals surface area contributed by atoms with Gasteiger partial charge >= 0.3 is 5.97 Å². The molecule has 3 heteroatoms. The highest BCUT2D eigenvalue weighted by Crippen LogP contribution is 2.32. The van der Waals surface area contributed by atoms with Crippen LogP contribution in [0, 0.1) is 5.92 Å². The van der Waals surface area contributed by atoms with Gasteiger partial charge in [-0.15, -0.1) is 0 Å². The maximum absolute atomic E-state index is 12.8. The van der Waals surface area contributed by atoms with Crippen LogP contribution in [0.25, 0.3) is 0 Å². The lowest BCUT2D eigenvalue weighted by Crippen LogP contribution is -2.49. The van der Waals surface area contributed by atoms with Crippen molar-refractivity contribution in [3.63, 3.8) is 0 Å². The second kappa shape index (κ2) is 9.38. The number of hydrogen-bond donors (Lipinski definition) is 0. The number of carbonyl (C=O) groups is 1. The first-order valence-electron chi connectivity index (χ1n) is 10.8. The van der Waals surface area contributed by atoms with E-state index >= 15 is 0 Å². The summed E-state index contributed by atoms with van der Waals surface area (Å²) in [6, 6.07) is 21.2. The van der Waals surface area contributed by atoms with Crippen molar-refractivity contribution in [2.45, 2.75) is 50.5 Å². The average molecular weight is 378 g/mol. The number of rotatable bonds is 6. The van der Waals surface area contributed by atoms with Crippen LogP contribution >= 0.6 is 0 Å². The molecular weight excluding hydrogens is 346 g/mol. The molecule has 4 rings (SSSR count). The Morgan fingerprint density at radius 2 is 1.54 bits per heavy atom. The van der Waals surface area contributed by atoms with Gasteiger partial charge < -0.3 is 4.74 Å². The van der Waals surface area contributed by atoms with Crippen LogP contribution in [0.15, 0.2) is 60.7 Å². The third kappa shape index (κ3) is 4.64. The van der Waals surface area contributed by atoms with Crippen LogP contribution < -0.4 is 0 Å². The summed E-state index contributed by atoms with van der Waals surface area (Å²) in [7, 11) is 0. The molecule has 0 aliphatic carbocycles. The average Bonchev–Trinajstić information content (AvgIpc) is 2.77. The summed E-state index contributed by atoms with van der Waals surface area (Å²) in [6.45, 7) is 3.02. The Hall–Kier alpha value is -2.13. The van der Waals surface area contributed by atoms with Gasteiger partial charge in [0.15, 0.2) is 0 Å². The first-order valence-corrected chi connectivity index (χ1v) is 10.8. The fourth-order valence-corrected chi connectivity index (χ4v) is 5.00. The SMILES string of the molecule is O=C(CC(c1ccccc1)c1ccccc1)OCC1CCCN2CCCCC12. The van der Waals surface area contributed by atoms with Gasteiger partial charge in [-0.1, -0.05) is 67.1 Å². The topological polar surface area (TPSA) is 29.5 Å². The Labute approximate surface area is 168 Å². The number of hydrogen-bond acceptors (Lipinski definition) is 3. The Kier molecular flexibility index (Phi) is 6.43. The monoisotopic (exact) mass is 377 g/mol. The molecule has 148 valence electrons. The Bertz CT molecular complexity index is 704. The van der Waals surface area contributed by atoms with Crippen molar-refractivity contribution >= 4 is 5.97 Å². The van der Waals surface area contributed by atoms with Gasteiger partial charge in [0.2, 0.25) is 0 Å². The third-order valence-electron chi connectivity index (χ3n) is 6.46. The molecule has 0 N–H and O–H groups in total. The molecule has 2 saturated heterocycles. The van der Waals surface area contributed by atoms with Crippen LogP contribution in [0.5, 0.6) is 0 Å². The molecule has 0 spiro atoms. The van der Waals surface area contributed by atoms with E-state index in [0.717, 1.165) is 0 Å². The molecule has 2 aromatic rings. The van der Waals surface area contributed by atoms with Crippen molar-refractivity contribution < 1.29 is 9.53 Å². The van der Waals surface area contributed by atoms with Crippen LogP contribution in [0.3, 0.4) is 0 Å².